The molecule has 0 spiro atoms. The second-order valence-corrected chi connectivity index (χ2v) is 32.0. The van der Waals surface area contributed by atoms with Gasteiger partial charge in [-0.15, -0.1) is 0 Å². The first kappa shape index (κ1) is 28.9. The summed E-state index contributed by atoms with van der Waals surface area (Å²) in [5.74, 6) is 0. The first-order valence-corrected chi connectivity index (χ1v) is 22.9. The van der Waals surface area contributed by atoms with Crippen molar-refractivity contribution in [2.24, 2.45) is 0 Å². The van der Waals surface area contributed by atoms with Gasteiger partial charge in [-0.3, -0.25) is 0 Å². The van der Waals surface area contributed by atoms with Crippen LogP contribution in [0.15, 0.2) is 176 Å². The van der Waals surface area contributed by atoms with Crippen LogP contribution in [-0.2, 0) is 0 Å². The summed E-state index contributed by atoms with van der Waals surface area (Å²) in [5.41, 5.74) is 5.08. The molecule has 0 atom stereocenters. The van der Waals surface area contributed by atoms with Gasteiger partial charge in [0.25, 0.3) is 0 Å². The van der Waals surface area contributed by atoms with Crippen molar-refractivity contribution >= 4 is 94.2 Å². The molecule has 8 rings (SSSR count). The van der Waals surface area contributed by atoms with E-state index in [0.29, 0.717) is 0 Å². The molecule has 3 heteroatoms. The van der Waals surface area contributed by atoms with Gasteiger partial charge in [0.15, 0.2) is 0 Å². The quantitative estimate of drug-likeness (QED) is 0.0922. The molecule has 0 radical (unpaired) electrons. The average molecular weight is 818 g/mol. The van der Waals surface area contributed by atoms with Gasteiger partial charge in [0.2, 0.25) is 0 Å². The zero-order valence-electron chi connectivity index (χ0n) is 24.4. The molecule has 0 nitrogen and oxygen atoms in total. The second kappa shape index (κ2) is 11.3. The molecule has 0 aliphatic heterocycles. The van der Waals surface area contributed by atoms with E-state index in [9.17, 15) is 0 Å². The molecule has 0 unspecified atom stereocenters. The van der Waals surface area contributed by atoms with Gasteiger partial charge in [0, 0.05) is 0 Å². The Bertz CT molecular complexity index is 2240. The van der Waals surface area contributed by atoms with Crippen LogP contribution in [0.2, 0.25) is 0 Å². The van der Waals surface area contributed by atoms with Crippen molar-refractivity contribution in [3.05, 3.63) is 176 Å². The first-order chi connectivity index (χ1) is 22.0. The Hall–Kier alpha value is -3.57. The summed E-state index contributed by atoms with van der Waals surface area (Å²) < 4.78 is -2.76. The maximum atomic E-state index is 2.80. The van der Waals surface area contributed by atoms with E-state index >= 15 is 0 Å². The van der Waals surface area contributed by atoms with Crippen LogP contribution in [0, 0.1) is 0 Å². The number of hydrogen-bond acceptors (Lipinski definition) is 0. The fourth-order valence-corrected chi connectivity index (χ4v) is 15.6. The normalized spacial score (nSPS) is 12.7. The zero-order chi connectivity index (χ0) is 30.5. The van der Waals surface area contributed by atoms with E-state index in [1.807, 2.05) is 0 Å². The third-order valence-electron chi connectivity index (χ3n) is 9.00. The topological polar surface area (TPSA) is 0 Å². The molecule has 0 fully saturated rings. The second-order valence-electron chi connectivity index (χ2n) is 11.5. The van der Waals surface area contributed by atoms with Crippen LogP contribution < -0.4 is 15.9 Å². The van der Waals surface area contributed by atoms with E-state index < -0.39 is 1.89 Å². The molecular weight excluding hydrogens is 789 g/mol. The Labute approximate surface area is 290 Å². The Morgan fingerprint density at radius 2 is 0.689 bits per heavy atom. The molecule has 0 saturated carbocycles. The van der Waals surface area contributed by atoms with E-state index in [2.05, 4.69) is 220 Å². The first-order valence-electron chi connectivity index (χ1n) is 15.1. The van der Waals surface area contributed by atoms with Crippen LogP contribution in [0.4, 0.5) is 0 Å². The van der Waals surface area contributed by atoms with Gasteiger partial charge in [-0.25, -0.2) is 0 Å². The van der Waals surface area contributed by atoms with E-state index in [1.54, 1.807) is 0 Å². The minimum atomic E-state index is -2.76. The van der Waals surface area contributed by atoms with Gasteiger partial charge in [0.05, 0.1) is 0 Å². The predicted molar refractivity (Wildman–Crippen MR) is 217 cm³/mol. The summed E-state index contributed by atoms with van der Waals surface area (Å²) in [6, 6.07) is 64.9. The Kier molecular flexibility index (Phi) is 7.28. The van der Waals surface area contributed by atoms with Crippen LogP contribution in [0.25, 0.3) is 54.6 Å². The monoisotopic (exact) mass is 818 g/mol. The number of fused-ring (bicyclic) bond motifs is 3. The summed E-state index contributed by atoms with van der Waals surface area (Å²) in [7, 11) is 0. The Balaban J connectivity index is 1.36. The Morgan fingerprint density at radius 3 is 1.20 bits per heavy atom. The van der Waals surface area contributed by atoms with Gasteiger partial charge >= 0.3 is 274 Å². The van der Waals surface area contributed by atoms with Crippen molar-refractivity contribution in [2.75, 3.05) is 0 Å². The molecule has 0 aliphatic carbocycles. The third-order valence-corrected chi connectivity index (χ3v) is 22.6. The molecular formula is C42H29I2P. The van der Waals surface area contributed by atoms with Crippen molar-refractivity contribution in [1.82, 2.24) is 0 Å². The van der Waals surface area contributed by atoms with Crippen molar-refractivity contribution in [3.63, 3.8) is 0 Å². The van der Waals surface area contributed by atoms with Crippen LogP contribution in [-0.4, -0.2) is 0 Å². The Morgan fingerprint density at radius 1 is 0.311 bits per heavy atom. The number of halogens is 2. The van der Waals surface area contributed by atoms with Gasteiger partial charge in [-0.05, 0) is 0 Å². The molecule has 0 heterocycles. The van der Waals surface area contributed by atoms with Crippen LogP contribution in [0.1, 0.15) is 0 Å². The van der Waals surface area contributed by atoms with Crippen LogP contribution in [0.3, 0.4) is 0 Å². The summed E-state index contributed by atoms with van der Waals surface area (Å²) in [5, 5.41) is 11.8. The number of rotatable bonds is 5. The van der Waals surface area contributed by atoms with Crippen molar-refractivity contribution in [2.45, 2.75) is 0 Å². The molecule has 0 amide bonds. The molecule has 8 aromatic rings. The van der Waals surface area contributed by atoms with Crippen molar-refractivity contribution in [3.8, 4) is 22.3 Å². The molecule has 0 bridgehead atoms. The SMILES string of the molecule is IP(I)(c1ccccc1)(c1ccccc1)c1ccc(-c2c3ccccc3c(-c3ccc4ccccc4c3)c3ccccc23)cc1. The fourth-order valence-electron chi connectivity index (χ4n) is 6.81. The zero-order valence-corrected chi connectivity index (χ0v) is 29.7. The van der Waals surface area contributed by atoms with Crippen molar-refractivity contribution in [1.29, 1.82) is 0 Å². The fraction of sp³-hybridized carbons (Fsp3) is 0. The standard InChI is InChI=1S/C42H29I2P/c43-45(44,34-15-3-1-4-16-34,35-17-5-2-6-18-35)36-27-25-31(26-28-36)41-37-19-9-11-21-39(37)42(40-22-12-10-20-38(40)41)33-24-23-30-13-7-8-14-32(30)29-33/h1-29H. The van der Waals surface area contributed by atoms with E-state index in [1.165, 1.54) is 70.5 Å². The average Bonchev–Trinajstić information content (AvgIpc) is 3.11. The summed E-state index contributed by atoms with van der Waals surface area (Å²) in [6.45, 7) is 0. The summed E-state index contributed by atoms with van der Waals surface area (Å²) >= 11 is 5.59. The number of hydrogen-bond donors (Lipinski definition) is 0. The maximum absolute atomic E-state index is 2.80. The van der Waals surface area contributed by atoms with E-state index in [0.717, 1.165) is 0 Å². The summed E-state index contributed by atoms with van der Waals surface area (Å²) in [6.07, 6.45) is 0. The van der Waals surface area contributed by atoms with Gasteiger partial charge in [-0.1, -0.05) is 18.2 Å². The van der Waals surface area contributed by atoms with Gasteiger partial charge in [-0.2, -0.15) is 0 Å². The molecule has 216 valence electrons. The third kappa shape index (κ3) is 4.72. The van der Waals surface area contributed by atoms with Gasteiger partial charge in [0.1, 0.15) is 0 Å². The predicted octanol–water partition coefficient (Wildman–Crippen LogP) is 12.0. The van der Waals surface area contributed by atoms with Crippen LogP contribution >= 0.6 is 46.0 Å². The van der Waals surface area contributed by atoms with Gasteiger partial charge < -0.3 is 0 Å². The van der Waals surface area contributed by atoms with E-state index in [-0.39, 0.29) is 0 Å². The minimum absolute atomic E-state index is 1.24. The molecule has 0 aromatic heterocycles. The number of benzene rings is 8. The summed E-state index contributed by atoms with van der Waals surface area (Å²) in [4.78, 5) is 0. The van der Waals surface area contributed by atoms with Crippen molar-refractivity contribution < 1.29 is 0 Å². The molecule has 0 saturated heterocycles. The van der Waals surface area contributed by atoms with E-state index in [4.69, 9.17) is 0 Å². The molecule has 8 aromatic carbocycles. The molecule has 0 aliphatic rings. The molecule has 0 N–H and O–H groups in total. The van der Waals surface area contributed by atoms with Crippen LogP contribution in [0.5, 0.6) is 0 Å². The molecule has 45 heavy (non-hydrogen) atoms.